The number of rotatable bonds is 2. The fraction of sp³-hybridized carbons (Fsp3) is 0.208. The summed E-state index contributed by atoms with van der Waals surface area (Å²) in [6.45, 7) is 2.25. The molecule has 1 aliphatic heterocycles. The molecule has 0 amide bonds. The molecule has 134 valence electrons. The number of ether oxygens (including phenoxy) is 1. The molecule has 2 atom stereocenters. The molecule has 0 saturated carbocycles. The first-order chi connectivity index (χ1) is 13.2. The van der Waals surface area contributed by atoms with Crippen molar-refractivity contribution in [3.05, 3.63) is 100 Å². The fourth-order valence-corrected chi connectivity index (χ4v) is 4.08. The van der Waals surface area contributed by atoms with Gasteiger partial charge in [-0.15, -0.1) is 0 Å². The van der Waals surface area contributed by atoms with Crippen LogP contribution in [0.1, 0.15) is 36.8 Å². The minimum atomic E-state index is -0.137. The Labute approximate surface area is 160 Å². The fourth-order valence-electron chi connectivity index (χ4n) is 4.08. The van der Waals surface area contributed by atoms with Gasteiger partial charge in [-0.1, -0.05) is 67.6 Å². The molecule has 0 fully saturated rings. The van der Waals surface area contributed by atoms with E-state index in [1.165, 1.54) is 0 Å². The average Bonchev–Trinajstić information content (AvgIpc) is 2.69. The molecule has 2 aromatic carbocycles. The Balaban J connectivity index is 1.87. The van der Waals surface area contributed by atoms with Crippen molar-refractivity contribution in [2.24, 2.45) is 11.7 Å². The van der Waals surface area contributed by atoms with Crippen molar-refractivity contribution in [1.82, 2.24) is 0 Å². The van der Waals surface area contributed by atoms with Crippen LogP contribution in [0.2, 0.25) is 0 Å². The summed E-state index contributed by atoms with van der Waals surface area (Å²) in [6, 6.07) is 22.7. The van der Waals surface area contributed by atoms with Gasteiger partial charge in [-0.3, -0.25) is 0 Å². The summed E-state index contributed by atoms with van der Waals surface area (Å²) in [6.07, 6.45) is 4.02. The molecule has 1 aliphatic carbocycles. The van der Waals surface area contributed by atoms with Gasteiger partial charge in [-0.05, 0) is 47.1 Å². The molecule has 2 aromatic rings. The number of nitrogens with zero attached hydrogens (tertiary/aromatic N) is 1. The molecule has 0 unspecified atom stereocenters. The summed E-state index contributed by atoms with van der Waals surface area (Å²) in [5.41, 5.74) is 11.2. The third-order valence-corrected chi connectivity index (χ3v) is 5.23. The molecule has 4 rings (SSSR count). The molecule has 27 heavy (non-hydrogen) atoms. The maximum absolute atomic E-state index is 9.75. The molecule has 0 saturated heterocycles. The maximum Gasteiger partial charge on any atom is 0.205 e. The Morgan fingerprint density at radius 2 is 1.70 bits per heavy atom. The van der Waals surface area contributed by atoms with E-state index >= 15 is 0 Å². The first kappa shape index (κ1) is 17.2. The second-order valence-corrected chi connectivity index (χ2v) is 7.28. The Bertz CT molecular complexity index is 978. The number of nitriles is 1. The minimum Gasteiger partial charge on any atom is -0.440 e. The lowest BCUT2D eigenvalue weighted by Crippen LogP contribution is -2.25. The van der Waals surface area contributed by atoms with Gasteiger partial charge in [0.25, 0.3) is 0 Å². The van der Waals surface area contributed by atoms with E-state index in [4.69, 9.17) is 10.5 Å². The van der Waals surface area contributed by atoms with Gasteiger partial charge in [0.15, 0.2) is 0 Å². The smallest absolute Gasteiger partial charge is 0.205 e. The highest BCUT2D eigenvalue weighted by atomic mass is 16.5. The molecule has 0 radical (unpaired) electrons. The van der Waals surface area contributed by atoms with Crippen LogP contribution in [-0.4, -0.2) is 0 Å². The number of hydrogen-bond donors (Lipinski definition) is 1. The maximum atomic E-state index is 9.75. The van der Waals surface area contributed by atoms with Crippen LogP contribution in [0.4, 0.5) is 0 Å². The van der Waals surface area contributed by atoms with Crippen molar-refractivity contribution in [2.75, 3.05) is 0 Å². The van der Waals surface area contributed by atoms with Gasteiger partial charge in [-0.2, -0.15) is 5.26 Å². The molecule has 0 aromatic heterocycles. The van der Waals surface area contributed by atoms with Crippen molar-refractivity contribution < 1.29 is 4.74 Å². The highest BCUT2D eigenvalue weighted by Crippen LogP contribution is 2.48. The van der Waals surface area contributed by atoms with Crippen LogP contribution >= 0.6 is 0 Å². The van der Waals surface area contributed by atoms with Crippen LogP contribution in [0.15, 0.2) is 89.0 Å². The standard InChI is InChI=1S/C24H22N2O/c1-16-12-19(14-17-8-4-2-5-9-17)23-20(13-16)22(18-10-6-3-7-11-18)21(15-25)24(26)27-23/h2-11,14,16,22H,12-13,26H2,1H3/b19-14+/t16-,22+/m0/s1. The van der Waals surface area contributed by atoms with Crippen LogP contribution in [0.25, 0.3) is 6.08 Å². The molecule has 2 N–H and O–H groups in total. The summed E-state index contributed by atoms with van der Waals surface area (Å²) in [5.74, 6) is 1.41. The molecular weight excluding hydrogens is 332 g/mol. The second-order valence-electron chi connectivity index (χ2n) is 7.28. The Morgan fingerprint density at radius 1 is 1.04 bits per heavy atom. The third kappa shape index (κ3) is 3.27. The van der Waals surface area contributed by atoms with E-state index < -0.39 is 0 Å². The summed E-state index contributed by atoms with van der Waals surface area (Å²) in [5, 5.41) is 9.75. The van der Waals surface area contributed by atoms with Crippen molar-refractivity contribution in [1.29, 1.82) is 5.26 Å². The van der Waals surface area contributed by atoms with E-state index in [2.05, 4.69) is 43.3 Å². The van der Waals surface area contributed by atoms with Crippen molar-refractivity contribution in [2.45, 2.75) is 25.7 Å². The van der Waals surface area contributed by atoms with Gasteiger partial charge in [0.1, 0.15) is 17.4 Å². The van der Waals surface area contributed by atoms with Crippen LogP contribution in [0, 0.1) is 17.2 Å². The van der Waals surface area contributed by atoms with Crippen LogP contribution in [0.3, 0.4) is 0 Å². The largest absolute Gasteiger partial charge is 0.440 e. The van der Waals surface area contributed by atoms with Gasteiger partial charge in [0.2, 0.25) is 5.88 Å². The van der Waals surface area contributed by atoms with Gasteiger partial charge >= 0.3 is 0 Å². The Hall–Kier alpha value is -3.25. The number of nitrogens with two attached hydrogens (primary N) is 1. The number of benzene rings is 2. The topological polar surface area (TPSA) is 59.0 Å². The van der Waals surface area contributed by atoms with Crippen LogP contribution in [-0.2, 0) is 4.74 Å². The minimum absolute atomic E-state index is 0.137. The number of allylic oxidation sites excluding steroid dienone is 3. The average molecular weight is 354 g/mol. The summed E-state index contributed by atoms with van der Waals surface area (Å²) >= 11 is 0. The molecule has 0 bridgehead atoms. The van der Waals surface area contributed by atoms with E-state index in [1.807, 2.05) is 36.4 Å². The third-order valence-electron chi connectivity index (χ3n) is 5.23. The highest BCUT2D eigenvalue weighted by molar-refractivity contribution is 5.62. The molecule has 3 nitrogen and oxygen atoms in total. The zero-order chi connectivity index (χ0) is 18.8. The van der Waals surface area contributed by atoms with E-state index in [0.717, 1.165) is 40.9 Å². The normalized spacial score (nSPS) is 23.6. The molecule has 3 heteroatoms. The first-order valence-electron chi connectivity index (χ1n) is 9.29. The highest BCUT2D eigenvalue weighted by Gasteiger charge is 2.37. The van der Waals surface area contributed by atoms with Crippen molar-refractivity contribution in [3.8, 4) is 6.07 Å². The van der Waals surface area contributed by atoms with Gasteiger partial charge < -0.3 is 10.5 Å². The van der Waals surface area contributed by atoms with Crippen molar-refractivity contribution >= 4 is 6.08 Å². The predicted molar refractivity (Wildman–Crippen MR) is 107 cm³/mol. The summed E-state index contributed by atoms with van der Waals surface area (Å²) < 4.78 is 6.02. The molecule has 1 heterocycles. The zero-order valence-electron chi connectivity index (χ0n) is 15.4. The van der Waals surface area contributed by atoms with Crippen LogP contribution < -0.4 is 5.73 Å². The monoisotopic (exact) mass is 354 g/mol. The van der Waals surface area contributed by atoms with Gasteiger partial charge in [0, 0.05) is 5.92 Å². The summed E-state index contributed by atoms with van der Waals surface area (Å²) in [4.78, 5) is 0. The zero-order valence-corrected chi connectivity index (χ0v) is 15.4. The van der Waals surface area contributed by atoms with Crippen molar-refractivity contribution in [3.63, 3.8) is 0 Å². The van der Waals surface area contributed by atoms with E-state index in [9.17, 15) is 5.26 Å². The van der Waals surface area contributed by atoms with E-state index in [0.29, 0.717) is 11.5 Å². The lowest BCUT2D eigenvalue weighted by Gasteiger charge is -2.35. The second kappa shape index (κ2) is 7.17. The SMILES string of the molecule is C[C@@H]1CC2=C(OC(N)=C(C#N)[C@@H]2c2ccccc2)/C(=C/c2ccccc2)C1. The predicted octanol–water partition coefficient (Wildman–Crippen LogP) is 5.26. The number of hydrogen-bond acceptors (Lipinski definition) is 3. The van der Waals surface area contributed by atoms with E-state index in [1.54, 1.807) is 0 Å². The quantitative estimate of drug-likeness (QED) is 0.800. The van der Waals surface area contributed by atoms with Gasteiger partial charge in [-0.25, -0.2) is 0 Å². The molecule has 2 aliphatic rings. The lowest BCUT2D eigenvalue weighted by atomic mass is 9.74. The molecular formula is C24H22N2O. The summed E-state index contributed by atoms with van der Waals surface area (Å²) in [7, 11) is 0. The van der Waals surface area contributed by atoms with Gasteiger partial charge in [0.05, 0.1) is 0 Å². The Morgan fingerprint density at radius 3 is 2.37 bits per heavy atom. The van der Waals surface area contributed by atoms with E-state index in [-0.39, 0.29) is 11.8 Å². The Kier molecular flexibility index (Phi) is 4.56. The first-order valence-corrected chi connectivity index (χ1v) is 9.29. The molecule has 0 spiro atoms. The lowest BCUT2D eigenvalue weighted by molar-refractivity contribution is 0.268. The van der Waals surface area contributed by atoms with Crippen LogP contribution in [0.5, 0.6) is 0 Å².